The van der Waals surface area contributed by atoms with Gasteiger partial charge in [-0.05, 0) is 48.9 Å². The van der Waals surface area contributed by atoms with E-state index in [1.165, 1.54) is 0 Å². The van der Waals surface area contributed by atoms with Gasteiger partial charge in [0, 0.05) is 24.0 Å². The number of anilines is 2. The molecule has 3 rings (SSSR count). The molecule has 6 nitrogen and oxygen atoms in total. The Hall–Kier alpha value is -3.51. The van der Waals surface area contributed by atoms with Gasteiger partial charge in [0.05, 0.1) is 13.2 Å². The molecule has 2 N–H and O–H groups in total. The second-order valence-electron chi connectivity index (χ2n) is 6.77. The molecule has 0 aliphatic carbocycles. The quantitative estimate of drug-likeness (QED) is 0.415. The molecule has 1 amide bonds. The summed E-state index contributed by atoms with van der Waals surface area (Å²) in [6.45, 7) is 4.28. The molecule has 0 aliphatic rings. The van der Waals surface area contributed by atoms with Crippen LogP contribution in [0.1, 0.15) is 12.5 Å². The minimum absolute atomic E-state index is 0.143. The molecular weight excluding hydrogens is 392 g/mol. The first kappa shape index (κ1) is 22.2. The molecule has 0 fully saturated rings. The Kier molecular flexibility index (Phi) is 8.76. The van der Waals surface area contributed by atoms with Crippen LogP contribution in [-0.2, 0) is 16.1 Å². The topological polar surface area (TPSA) is 68.8 Å². The summed E-state index contributed by atoms with van der Waals surface area (Å²) < 4.78 is 16.6. The number of rotatable bonds is 12. The molecule has 3 aromatic rings. The maximum absolute atomic E-state index is 12.3. The van der Waals surface area contributed by atoms with Crippen LogP contribution < -0.4 is 20.1 Å². The van der Waals surface area contributed by atoms with Crippen LogP contribution in [0.25, 0.3) is 0 Å². The molecule has 0 atom stereocenters. The molecule has 0 heterocycles. The zero-order valence-corrected chi connectivity index (χ0v) is 17.7. The molecule has 0 saturated carbocycles. The average molecular weight is 421 g/mol. The number of hydrogen-bond donors (Lipinski definition) is 2. The number of nitrogens with one attached hydrogen (secondary N) is 2. The van der Waals surface area contributed by atoms with E-state index in [9.17, 15) is 4.79 Å². The van der Waals surface area contributed by atoms with Gasteiger partial charge in [0.2, 0.25) is 5.91 Å². The fraction of sp³-hybridized carbons (Fsp3) is 0.240. The SMILES string of the molecule is CCOCCOc1cccc(NC(=O)CNc2ccc(OCc3ccccc3)cc2)c1. The van der Waals surface area contributed by atoms with E-state index in [0.29, 0.717) is 37.9 Å². The normalized spacial score (nSPS) is 10.4. The lowest BCUT2D eigenvalue weighted by molar-refractivity contribution is -0.114. The first-order chi connectivity index (χ1) is 15.2. The van der Waals surface area contributed by atoms with Gasteiger partial charge in [0.25, 0.3) is 0 Å². The summed E-state index contributed by atoms with van der Waals surface area (Å²) in [5.41, 5.74) is 2.64. The molecule has 6 heteroatoms. The lowest BCUT2D eigenvalue weighted by Crippen LogP contribution is -2.21. The lowest BCUT2D eigenvalue weighted by atomic mass is 10.2. The fourth-order valence-corrected chi connectivity index (χ4v) is 2.82. The fourth-order valence-electron chi connectivity index (χ4n) is 2.82. The summed E-state index contributed by atoms with van der Waals surface area (Å²) in [5.74, 6) is 1.33. The van der Waals surface area contributed by atoms with Crippen molar-refractivity contribution in [3.8, 4) is 11.5 Å². The third-order valence-corrected chi connectivity index (χ3v) is 4.37. The van der Waals surface area contributed by atoms with Gasteiger partial charge in [0.1, 0.15) is 24.7 Å². The first-order valence-electron chi connectivity index (χ1n) is 10.3. The Bertz CT molecular complexity index is 930. The minimum atomic E-state index is -0.143. The van der Waals surface area contributed by atoms with E-state index in [2.05, 4.69) is 10.6 Å². The highest BCUT2D eigenvalue weighted by Gasteiger charge is 2.04. The lowest BCUT2D eigenvalue weighted by Gasteiger charge is -2.11. The van der Waals surface area contributed by atoms with Gasteiger partial charge in [-0.1, -0.05) is 36.4 Å². The van der Waals surface area contributed by atoms with Gasteiger partial charge in [-0.25, -0.2) is 0 Å². The third-order valence-electron chi connectivity index (χ3n) is 4.37. The molecule has 0 saturated heterocycles. The van der Waals surface area contributed by atoms with Gasteiger partial charge >= 0.3 is 0 Å². The molecular formula is C25H28N2O4. The highest BCUT2D eigenvalue weighted by molar-refractivity contribution is 5.93. The Balaban J connectivity index is 1.41. The smallest absolute Gasteiger partial charge is 0.243 e. The maximum atomic E-state index is 12.3. The van der Waals surface area contributed by atoms with Gasteiger partial charge in [0.15, 0.2) is 0 Å². The van der Waals surface area contributed by atoms with Crippen molar-refractivity contribution in [3.63, 3.8) is 0 Å². The van der Waals surface area contributed by atoms with Crippen LogP contribution in [0, 0.1) is 0 Å². The monoisotopic (exact) mass is 420 g/mol. The molecule has 0 radical (unpaired) electrons. The summed E-state index contributed by atoms with van der Waals surface area (Å²) in [7, 11) is 0. The average Bonchev–Trinajstić information content (AvgIpc) is 2.81. The highest BCUT2D eigenvalue weighted by Crippen LogP contribution is 2.18. The van der Waals surface area contributed by atoms with Crippen molar-refractivity contribution in [1.29, 1.82) is 0 Å². The van der Waals surface area contributed by atoms with Crippen molar-refractivity contribution in [2.75, 3.05) is 37.0 Å². The maximum Gasteiger partial charge on any atom is 0.243 e. The second kappa shape index (κ2) is 12.2. The standard InChI is InChI=1S/C25H28N2O4/c1-2-29-15-16-30-24-10-6-9-22(17-24)27-25(28)18-26-21-11-13-23(14-12-21)31-19-20-7-4-3-5-8-20/h3-14,17,26H,2,15-16,18-19H2,1H3,(H,27,28). The predicted molar refractivity (Wildman–Crippen MR) is 123 cm³/mol. The zero-order chi connectivity index (χ0) is 21.7. The van der Waals surface area contributed by atoms with E-state index in [1.807, 2.05) is 79.7 Å². The van der Waals surface area contributed by atoms with E-state index in [0.717, 1.165) is 17.0 Å². The van der Waals surface area contributed by atoms with Gasteiger partial charge < -0.3 is 24.8 Å². The van der Waals surface area contributed by atoms with Gasteiger partial charge in [-0.2, -0.15) is 0 Å². The van der Waals surface area contributed by atoms with Crippen LogP contribution in [0.2, 0.25) is 0 Å². The summed E-state index contributed by atoms with van der Waals surface area (Å²) in [5, 5.41) is 5.98. The van der Waals surface area contributed by atoms with E-state index in [-0.39, 0.29) is 12.5 Å². The minimum Gasteiger partial charge on any atom is -0.491 e. The molecule has 0 bridgehead atoms. The highest BCUT2D eigenvalue weighted by atomic mass is 16.5. The molecule has 0 unspecified atom stereocenters. The number of ether oxygens (including phenoxy) is 3. The molecule has 0 aromatic heterocycles. The van der Waals surface area contributed by atoms with E-state index in [1.54, 1.807) is 6.07 Å². The van der Waals surface area contributed by atoms with Crippen LogP contribution in [0.4, 0.5) is 11.4 Å². The largest absolute Gasteiger partial charge is 0.491 e. The van der Waals surface area contributed by atoms with Crippen molar-refractivity contribution in [1.82, 2.24) is 0 Å². The van der Waals surface area contributed by atoms with Crippen LogP contribution in [0.5, 0.6) is 11.5 Å². The molecule has 0 spiro atoms. The number of carbonyl (C=O) groups excluding carboxylic acids is 1. The van der Waals surface area contributed by atoms with Crippen molar-refractivity contribution in [3.05, 3.63) is 84.4 Å². The molecule has 0 aliphatic heterocycles. The Morgan fingerprint density at radius 2 is 1.61 bits per heavy atom. The zero-order valence-electron chi connectivity index (χ0n) is 17.7. The Morgan fingerprint density at radius 3 is 2.39 bits per heavy atom. The van der Waals surface area contributed by atoms with Gasteiger partial charge in [-0.15, -0.1) is 0 Å². The van der Waals surface area contributed by atoms with E-state index < -0.39 is 0 Å². The van der Waals surface area contributed by atoms with Crippen molar-refractivity contribution in [2.24, 2.45) is 0 Å². The predicted octanol–water partition coefficient (Wildman–Crippen LogP) is 4.73. The van der Waals surface area contributed by atoms with Crippen molar-refractivity contribution >= 4 is 17.3 Å². The molecule has 162 valence electrons. The number of carbonyl (C=O) groups is 1. The first-order valence-corrected chi connectivity index (χ1v) is 10.3. The van der Waals surface area contributed by atoms with E-state index >= 15 is 0 Å². The van der Waals surface area contributed by atoms with Crippen molar-refractivity contribution in [2.45, 2.75) is 13.5 Å². The van der Waals surface area contributed by atoms with Crippen LogP contribution in [0.15, 0.2) is 78.9 Å². The van der Waals surface area contributed by atoms with Crippen LogP contribution >= 0.6 is 0 Å². The van der Waals surface area contributed by atoms with Crippen LogP contribution in [-0.4, -0.2) is 32.3 Å². The van der Waals surface area contributed by atoms with E-state index in [4.69, 9.17) is 14.2 Å². The molecule has 3 aromatic carbocycles. The molecule has 31 heavy (non-hydrogen) atoms. The Morgan fingerprint density at radius 1 is 0.806 bits per heavy atom. The van der Waals surface area contributed by atoms with Crippen LogP contribution in [0.3, 0.4) is 0 Å². The number of amides is 1. The third kappa shape index (κ3) is 8.03. The summed E-state index contributed by atoms with van der Waals surface area (Å²) in [6, 6.07) is 24.9. The van der Waals surface area contributed by atoms with Crippen molar-refractivity contribution < 1.29 is 19.0 Å². The van der Waals surface area contributed by atoms with Gasteiger partial charge in [-0.3, -0.25) is 4.79 Å². The number of hydrogen-bond acceptors (Lipinski definition) is 5. The summed E-state index contributed by atoms with van der Waals surface area (Å²) in [6.07, 6.45) is 0. The second-order valence-corrected chi connectivity index (χ2v) is 6.77. The summed E-state index contributed by atoms with van der Waals surface area (Å²) >= 11 is 0. The Labute approximate surface area is 183 Å². The number of benzene rings is 3. The summed E-state index contributed by atoms with van der Waals surface area (Å²) in [4.78, 5) is 12.3.